The number of esters is 2. The van der Waals surface area contributed by atoms with Crippen LogP contribution in [0.5, 0.6) is 11.6 Å². The Morgan fingerprint density at radius 2 is 1.18 bits per heavy atom. The topological polar surface area (TPSA) is 65.5 Å². The number of fused-ring (bicyclic) bond motifs is 2. The van der Waals surface area contributed by atoms with Crippen molar-refractivity contribution in [3.63, 3.8) is 0 Å². The first-order valence-corrected chi connectivity index (χ1v) is 10.5. The maximum atomic E-state index is 12.9. The first kappa shape index (κ1) is 20.7. The number of hydrogen-bond acceptors (Lipinski definition) is 5. The third-order valence-electron chi connectivity index (χ3n) is 5.21. The lowest BCUT2D eigenvalue weighted by atomic mass is 10.0. The number of rotatable bonds is 4. The van der Waals surface area contributed by atoms with Gasteiger partial charge in [-0.1, -0.05) is 84.4 Å². The van der Waals surface area contributed by atoms with Crippen molar-refractivity contribution in [2.75, 3.05) is 0 Å². The van der Waals surface area contributed by atoms with E-state index in [0.717, 1.165) is 21.5 Å². The molecule has 5 aromatic rings. The van der Waals surface area contributed by atoms with Gasteiger partial charge in [-0.2, -0.15) is 0 Å². The maximum absolute atomic E-state index is 12.9. The zero-order valence-electron chi connectivity index (χ0n) is 17.2. The Hall–Kier alpha value is -4.22. The number of hydrogen-bond donors (Lipinski definition) is 0. The van der Waals surface area contributed by atoms with Crippen LogP contribution in [0.25, 0.3) is 21.5 Å². The van der Waals surface area contributed by atoms with Crippen LogP contribution in [0.2, 0.25) is 5.02 Å². The summed E-state index contributed by atoms with van der Waals surface area (Å²) in [6, 6.07) is 27.1. The predicted octanol–water partition coefficient (Wildman–Crippen LogP) is 6.48. The number of benzene rings is 4. The second-order valence-corrected chi connectivity index (χ2v) is 7.69. The molecular formula is C27H16ClNO4. The molecule has 0 bridgehead atoms. The molecule has 0 radical (unpaired) electrons. The van der Waals surface area contributed by atoms with E-state index in [2.05, 4.69) is 4.98 Å². The van der Waals surface area contributed by atoms with Crippen LogP contribution in [-0.2, 0) is 0 Å². The number of carbonyl (C=O) groups is 2. The first-order valence-electron chi connectivity index (χ1n) is 10.2. The summed E-state index contributed by atoms with van der Waals surface area (Å²) >= 11 is 6.20. The highest BCUT2D eigenvalue weighted by atomic mass is 35.5. The van der Waals surface area contributed by atoms with E-state index >= 15 is 0 Å². The number of halogens is 1. The quantitative estimate of drug-likeness (QED) is 0.291. The molecule has 0 aliphatic carbocycles. The monoisotopic (exact) mass is 453 g/mol. The molecule has 0 spiro atoms. The van der Waals surface area contributed by atoms with Crippen molar-refractivity contribution in [3.8, 4) is 11.6 Å². The Kier molecular flexibility index (Phi) is 5.47. The molecule has 5 rings (SSSR count). The van der Waals surface area contributed by atoms with E-state index in [0.29, 0.717) is 11.1 Å². The Morgan fingerprint density at radius 3 is 1.79 bits per heavy atom. The van der Waals surface area contributed by atoms with Crippen LogP contribution in [0.3, 0.4) is 0 Å². The Labute approximate surface area is 194 Å². The van der Waals surface area contributed by atoms with Gasteiger partial charge in [0.15, 0.2) is 5.75 Å². The fourth-order valence-corrected chi connectivity index (χ4v) is 3.79. The number of carbonyl (C=O) groups excluding carboxylic acids is 2. The fourth-order valence-electron chi connectivity index (χ4n) is 3.65. The largest absolute Gasteiger partial charge is 0.421 e. The Bertz CT molecular complexity index is 1520. The molecule has 0 amide bonds. The van der Waals surface area contributed by atoms with Crippen molar-refractivity contribution in [2.45, 2.75) is 0 Å². The smallest absolute Gasteiger partial charge is 0.345 e. The minimum Gasteiger partial charge on any atom is -0.421 e. The average molecular weight is 454 g/mol. The van der Waals surface area contributed by atoms with Crippen LogP contribution in [-0.4, -0.2) is 16.9 Å². The van der Waals surface area contributed by atoms with Gasteiger partial charge in [-0.25, -0.2) is 14.6 Å². The zero-order valence-corrected chi connectivity index (χ0v) is 18.0. The minimum absolute atomic E-state index is 0.0296. The van der Waals surface area contributed by atoms with Gasteiger partial charge in [0.25, 0.3) is 0 Å². The van der Waals surface area contributed by atoms with Crippen molar-refractivity contribution in [1.82, 2.24) is 4.98 Å². The zero-order chi connectivity index (χ0) is 22.8. The maximum Gasteiger partial charge on any atom is 0.345 e. The SMILES string of the molecule is O=C(Oc1cc(OC(=O)c2cccc3ccccc23)c(Cl)cn1)c1cccc2ccccc12. The van der Waals surface area contributed by atoms with Gasteiger partial charge in [0, 0.05) is 6.07 Å². The third-order valence-corrected chi connectivity index (χ3v) is 5.50. The van der Waals surface area contributed by atoms with Crippen molar-refractivity contribution < 1.29 is 19.1 Å². The average Bonchev–Trinajstić information content (AvgIpc) is 2.85. The normalized spacial score (nSPS) is 10.8. The molecule has 0 unspecified atom stereocenters. The Morgan fingerprint density at radius 1 is 0.667 bits per heavy atom. The molecule has 0 saturated heterocycles. The van der Waals surface area contributed by atoms with Crippen molar-refractivity contribution in [3.05, 3.63) is 113 Å². The number of pyridine rings is 1. The molecule has 0 atom stereocenters. The van der Waals surface area contributed by atoms with Gasteiger partial charge >= 0.3 is 11.9 Å². The highest BCUT2D eigenvalue weighted by Crippen LogP contribution is 2.29. The van der Waals surface area contributed by atoms with E-state index in [1.54, 1.807) is 24.3 Å². The summed E-state index contributed by atoms with van der Waals surface area (Å²) in [4.78, 5) is 29.7. The summed E-state index contributed by atoms with van der Waals surface area (Å²) in [6.07, 6.45) is 1.28. The summed E-state index contributed by atoms with van der Waals surface area (Å²) in [6.45, 7) is 0. The molecule has 160 valence electrons. The highest BCUT2D eigenvalue weighted by Gasteiger charge is 2.18. The van der Waals surface area contributed by atoms with Crippen LogP contribution in [0.4, 0.5) is 0 Å². The molecular weight excluding hydrogens is 438 g/mol. The molecule has 1 heterocycles. The lowest BCUT2D eigenvalue weighted by Gasteiger charge is -2.10. The predicted molar refractivity (Wildman–Crippen MR) is 127 cm³/mol. The van der Waals surface area contributed by atoms with Crippen LogP contribution in [0.15, 0.2) is 97.2 Å². The summed E-state index contributed by atoms with van der Waals surface area (Å²) in [5, 5.41) is 3.48. The molecule has 6 heteroatoms. The van der Waals surface area contributed by atoms with Gasteiger partial charge in [0.2, 0.25) is 5.88 Å². The Balaban J connectivity index is 1.41. The van der Waals surface area contributed by atoms with E-state index in [1.165, 1.54) is 12.3 Å². The van der Waals surface area contributed by atoms with Gasteiger partial charge in [-0.3, -0.25) is 0 Å². The number of aromatic nitrogens is 1. The number of ether oxygens (including phenoxy) is 2. The minimum atomic E-state index is -0.578. The van der Waals surface area contributed by atoms with Crippen molar-refractivity contribution >= 4 is 45.1 Å². The van der Waals surface area contributed by atoms with Crippen molar-refractivity contribution in [2.24, 2.45) is 0 Å². The van der Waals surface area contributed by atoms with E-state index in [4.69, 9.17) is 21.1 Å². The molecule has 5 nitrogen and oxygen atoms in total. The molecule has 0 fully saturated rings. The van der Waals surface area contributed by atoms with Crippen molar-refractivity contribution in [1.29, 1.82) is 0 Å². The lowest BCUT2D eigenvalue weighted by molar-refractivity contribution is 0.0728. The van der Waals surface area contributed by atoms with E-state index < -0.39 is 11.9 Å². The summed E-state index contributed by atoms with van der Waals surface area (Å²) in [5.74, 6) is -1.14. The van der Waals surface area contributed by atoms with Crippen LogP contribution < -0.4 is 9.47 Å². The van der Waals surface area contributed by atoms with E-state index in [9.17, 15) is 9.59 Å². The van der Waals surface area contributed by atoms with Crippen LogP contribution >= 0.6 is 11.6 Å². The molecule has 0 aliphatic rings. The lowest BCUT2D eigenvalue weighted by Crippen LogP contribution is -2.12. The molecule has 0 aliphatic heterocycles. The second kappa shape index (κ2) is 8.73. The van der Waals surface area contributed by atoms with E-state index in [-0.39, 0.29) is 16.7 Å². The summed E-state index contributed by atoms with van der Waals surface area (Å²) in [7, 11) is 0. The molecule has 1 aromatic heterocycles. The molecule has 33 heavy (non-hydrogen) atoms. The van der Waals surface area contributed by atoms with Gasteiger partial charge in [0.05, 0.1) is 17.3 Å². The summed E-state index contributed by atoms with van der Waals surface area (Å²) < 4.78 is 11.0. The third kappa shape index (κ3) is 4.14. The van der Waals surface area contributed by atoms with Crippen LogP contribution in [0.1, 0.15) is 20.7 Å². The fraction of sp³-hybridized carbons (Fsp3) is 0. The number of nitrogens with zero attached hydrogens (tertiary/aromatic N) is 1. The van der Waals surface area contributed by atoms with Gasteiger partial charge in [0.1, 0.15) is 5.02 Å². The second-order valence-electron chi connectivity index (χ2n) is 7.29. The first-order chi connectivity index (χ1) is 16.1. The molecule has 0 N–H and O–H groups in total. The summed E-state index contributed by atoms with van der Waals surface area (Å²) in [5.41, 5.74) is 0.800. The van der Waals surface area contributed by atoms with E-state index in [1.807, 2.05) is 60.7 Å². The van der Waals surface area contributed by atoms with Gasteiger partial charge < -0.3 is 9.47 Å². The molecule has 4 aromatic carbocycles. The molecule has 0 saturated carbocycles. The highest BCUT2D eigenvalue weighted by molar-refractivity contribution is 6.32. The standard InChI is InChI=1S/C27H16ClNO4/c28-23-16-29-25(33-27(31)22-14-6-10-18-8-2-4-12-20(18)22)15-24(23)32-26(30)21-13-5-9-17-7-1-3-11-19(17)21/h1-16H. The van der Waals surface area contributed by atoms with Gasteiger partial charge in [-0.15, -0.1) is 0 Å². The van der Waals surface area contributed by atoms with Crippen LogP contribution in [0, 0.1) is 0 Å². The van der Waals surface area contributed by atoms with Gasteiger partial charge in [-0.05, 0) is 33.7 Å².